The molecule has 0 aromatic rings. The van der Waals surface area contributed by atoms with Crippen LogP contribution in [0.25, 0.3) is 0 Å². The van der Waals surface area contributed by atoms with Crippen molar-refractivity contribution in [2.24, 2.45) is 17.6 Å². The van der Waals surface area contributed by atoms with Gasteiger partial charge in [0.05, 0.1) is 6.10 Å². The monoisotopic (exact) mass is 226 g/mol. The topological polar surface area (TPSA) is 38.5 Å². The van der Waals surface area contributed by atoms with E-state index in [0.29, 0.717) is 12.0 Å². The van der Waals surface area contributed by atoms with E-state index in [1.807, 2.05) is 7.11 Å². The SMILES string of the molecule is COC1CN(CC(C)(N)C2CC2)CCC1C. The van der Waals surface area contributed by atoms with Gasteiger partial charge in [0.25, 0.3) is 0 Å². The number of piperidine rings is 1. The summed E-state index contributed by atoms with van der Waals surface area (Å²) < 4.78 is 5.54. The largest absolute Gasteiger partial charge is 0.380 e. The van der Waals surface area contributed by atoms with Gasteiger partial charge in [0, 0.05) is 25.7 Å². The lowest BCUT2D eigenvalue weighted by atomic mass is 9.92. The number of hydrogen-bond acceptors (Lipinski definition) is 3. The minimum absolute atomic E-state index is 0.0128. The van der Waals surface area contributed by atoms with Crippen LogP contribution in [-0.2, 0) is 4.74 Å². The number of ether oxygens (including phenoxy) is 1. The third-order valence-electron chi connectivity index (χ3n) is 4.35. The van der Waals surface area contributed by atoms with Crippen LogP contribution >= 0.6 is 0 Å². The molecular formula is C13H26N2O. The van der Waals surface area contributed by atoms with Crippen LogP contribution < -0.4 is 5.73 Å². The molecule has 0 aromatic heterocycles. The van der Waals surface area contributed by atoms with Crippen LogP contribution in [0.4, 0.5) is 0 Å². The quantitative estimate of drug-likeness (QED) is 0.789. The molecule has 2 N–H and O–H groups in total. The standard InChI is InChI=1S/C13H26N2O/c1-10-6-7-15(8-12(10)16-3)9-13(2,14)11-4-5-11/h10-12H,4-9,14H2,1-3H3. The summed E-state index contributed by atoms with van der Waals surface area (Å²) in [5, 5.41) is 0. The fourth-order valence-corrected chi connectivity index (χ4v) is 2.90. The first kappa shape index (κ1) is 12.3. The van der Waals surface area contributed by atoms with Crippen LogP contribution in [0.5, 0.6) is 0 Å². The van der Waals surface area contributed by atoms with Crippen LogP contribution in [0, 0.1) is 11.8 Å². The van der Waals surface area contributed by atoms with Crippen LogP contribution in [0.3, 0.4) is 0 Å². The van der Waals surface area contributed by atoms with Gasteiger partial charge in [-0.1, -0.05) is 6.92 Å². The van der Waals surface area contributed by atoms with Gasteiger partial charge in [0.15, 0.2) is 0 Å². The summed E-state index contributed by atoms with van der Waals surface area (Å²) in [5.41, 5.74) is 6.40. The van der Waals surface area contributed by atoms with E-state index in [9.17, 15) is 0 Å². The van der Waals surface area contributed by atoms with Crippen molar-refractivity contribution < 1.29 is 4.74 Å². The molecule has 3 atom stereocenters. The molecule has 3 unspecified atom stereocenters. The molecule has 1 heterocycles. The molecule has 1 saturated heterocycles. The summed E-state index contributed by atoms with van der Waals surface area (Å²) in [5.74, 6) is 1.44. The first-order valence-electron chi connectivity index (χ1n) is 6.57. The second-order valence-corrected chi connectivity index (χ2v) is 6.06. The zero-order valence-electron chi connectivity index (χ0n) is 10.9. The van der Waals surface area contributed by atoms with Crippen molar-refractivity contribution in [1.82, 2.24) is 4.90 Å². The summed E-state index contributed by atoms with van der Waals surface area (Å²) in [6.45, 7) is 7.76. The third kappa shape index (κ3) is 2.76. The summed E-state index contributed by atoms with van der Waals surface area (Å²) >= 11 is 0. The molecule has 2 aliphatic rings. The minimum Gasteiger partial charge on any atom is -0.380 e. The molecule has 0 bridgehead atoms. The second kappa shape index (κ2) is 4.63. The Hall–Kier alpha value is -0.120. The Balaban J connectivity index is 1.86. The molecule has 94 valence electrons. The molecule has 2 fully saturated rings. The van der Waals surface area contributed by atoms with E-state index >= 15 is 0 Å². The zero-order valence-corrected chi connectivity index (χ0v) is 10.9. The number of rotatable bonds is 4. The van der Waals surface area contributed by atoms with Crippen LogP contribution in [0.2, 0.25) is 0 Å². The average molecular weight is 226 g/mol. The Morgan fingerprint density at radius 1 is 1.38 bits per heavy atom. The van der Waals surface area contributed by atoms with Crippen LogP contribution in [0.15, 0.2) is 0 Å². The lowest BCUT2D eigenvalue weighted by molar-refractivity contribution is -0.0113. The highest BCUT2D eigenvalue weighted by Crippen LogP contribution is 2.38. The molecule has 0 radical (unpaired) electrons. The maximum absolute atomic E-state index is 6.39. The first-order chi connectivity index (χ1) is 7.53. The number of nitrogens with two attached hydrogens (primary N) is 1. The summed E-state index contributed by atoms with van der Waals surface area (Å²) in [4.78, 5) is 2.49. The molecule has 16 heavy (non-hydrogen) atoms. The molecule has 1 aliphatic heterocycles. The fourth-order valence-electron chi connectivity index (χ4n) is 2.90. The zero-order chi connectivity index (χ0) is 11.8. The number of methoxy groups -OCH3 is 1. The Morgan fingerprint density at radius 3 is 2.62 bits per heavy atom. The normalized spacial score (nSPS) is 36.0. The minimum atomic E-state index is 0.0128. The van der Waals surface area contributed by atoms with Gasteiger partial charge in [-0.2, -0.15) is 0 Å². The van der Waals surface area contributed by atoms with Crippen LogP contribution in [-0.4, -0.2) is 43.3 Å². The fraction of sp³-hybridized carbons (Fsp3) is 1.00. The second-order valence-electron chi connectivity index (χ2n) is 6.06. The van der Waals surface area contributed by atoms with E-state index in [-0.39, 0.29) is 5.54 Å². The van der Waals surface area contributed by atoms with Crippen molar-refractivity contribution in [2.75, 3.05) is 26.7 Å². The Kier molecular flexibility index (Phi) is 3.57. The van der Waals surface area contributed by atoms with E-state index in [1.165, 1.54) is 25.8 Å². The maximum Gasteiger partial charge on any atom is 0.0724 e. The van der Waals surface area contributed by atoms with E-state index in [2.05, 4.69) is 18.7 Å². The molecule has 0 spiro atoms. The van der Waals surface area contributed by atoms with Crippen molar-refractivity contribution in [3.8, 4) is 0 Å². The summed E-state index contributed by atoms with van der Waals surface area (Å²) in [6, 6.07) is 0. The Morgan fingerprint density at radius 2 is 2.06 bits per heavy atom. The molecule has 1 aliphatic carbocycles. The van der Waals surface area contributed by atoms with Crippen molar-refractivity contribution in [3.05, 3.63) is 0 Å². The predicted molar refractivity (Wildman–Crippen MR) is 66.3 cm³/mol. The molecule has 3 heteroatoms. The molecule has 0 amide bonds. The van der Waals surface area contributed by atoms with Gasteiger partial charge < -0.3 is 10.5 Å². The van der Waals surface area contributed by atoms with Gasteiger partial charge in [-0.3, -0.25) is 4.90 Å². The first-order valence-corrected chi connectivity index (χ1v) is 6.57. The molecule has 2 rings (SSSR count). The predicted octanol–water partition coefficient (Wildman–Crippen LogP) is 1.47. The number of likely N-dealkylation sites (tertiary alicyclic amines) is 1. The molecule has 0 aromatic carbocycles. The van der Waals surface area contributed by atoms with Gasteiger partial charge in [0.1, 0.15) is 0 Å². The molecule has 3 nitrogen and oxygen atoms in total. The van der Waals surface area contributed by atoms with Gasteiger partial charge >= 0.3 is 0 Å². The number of nitrogens with zero attached hydrogens (tertiary/aromatic N) is 1. The van der Waals surface area contributed by atoms with Gasteiger partial charge in [0.2, 0.25) is 0 Å². The summed E-state index contributed by atoms with van der Waals surface area (Å²) in [7, 11) is 1.83. The van der Waals surface area contributed by atoms with Crippen molar-refractivity contribution in [1.29, 1.82) is 0 Å². The van der Waals surface area contributed by atoms with Gasteiger partial charge in [-0.05, 0) is 44.6 Å². The molecular weight excluding hydrogens is 200 g/mol. The highest BCUT2D eigenvalue weighted by atomic mass is 16.5. The lowest BCUT2D eigenvalue weighted by Crippen LogP contribution is -2.54. The van der Waals surface area contributed by atoms with E-state index in [1.54, 1.807) is 0 Å². The smallest absolute Gasteiger partial charge is 0.0724 e. The van der Waals surface area contributed by atoms with E-state index in [4.69, 9.17) is 10.5 Å². The van der Waals surface area contributed by atoms with Crippen molar-refractivity contribution in [3.63, 3.8) is 0 Å². The average Bonchev–Trinajstić information content (AvgIpc) is 3.04. The highest BCUT2D eigenvalue weighted by Gasteiger charge is 2.40. The maximum atomic E-state index is 6.39. The Labute approximate surface area is 99.3 Å². The number of hydrogen-bond donors (Lipinski definition) is 1. The van der Waals surface area contributed by atoms with Crippen LogP contribution in [0.1, 0.15) is 33.1 Å². The summed E-state index contributed by atoms with van der Waals surface area (Å²) in [6.07, 6.45) is 4.28. The van der Waals surface area contributed by atoms with Gasteiger partial charge in [-0.15, -0.1) is 0 Å². The van der Waals surface area contributed by atoms with Crippen molar-refractivity contribution >= 4 is 0 Å². The van der Waals surface area contributed by atoms with E-state index in [0.717, 1.165) is 19.0 Å². The van der Waals surface area contributed by atoms with Crippen molar-refractivity contribution in [2.45, 2.75) is 44.8 Å². The third-order valence-corrected chi connectivity index (χ3v) is 4.35. The van der Waals surface area contributed by atoms with Gasteiger partial charge in [-0.25, -0.2) is 0 Å². The Bertz CT molecular complexity index is 238. The highest BCUT2D eigenvalue weighted by molar-refractivity contribution is 4.98. The lowest BCUT2D eigenvalue weighted by Gasteiger charge is -2.40. The van der Waals surface area contributed by atoms with E-state index < -0.39 is 0 Å². The molecule has 1 saturated carbocycles.